The molecule has 8 nitrogen and oxygen atoms in total. The summed E-state index contributed by atoms with van der Waals surface area (Å²) in [4.78, 5) is 25.5. The van der Waals surface area contributed by atoms with E-state index in [1.165, 1.54) is 0 Å². The molecule has 0 unspecified atom stereocenters. The molecule has 5 rings (SSSR count). The molecule has 0 atom stereocenters. The van der Waals surface area contributed by atoms with Crippen molar-refractivity contribution in [2.45, 2.75) is 33.1 Å². The predicted octanol–water partition coefficient (Wildman–Crippen LogP) is 5.27. The average Bonchev–Trinajstić information content (AvgIpc) is 3.45. The summed E-state index contributed by atoms with van der Waals surface area (Å²) < 4.78 is 10.9. The third kappa shape index (κ3) is 4.63. The number of nitrogens with zero attached hydrogens (tertiary/aromatic N) is 2. The highest BCUT2D eigenvalue weighted by atomic mass is 16.5. The Labute approximate surface area is 202 Å². The van der Waals surface area contributed by atoms with Gasteiger partial charge in [0.1, 0.15) is 11.5 Å². The van der Waals surface area contributed by atoms with Crippen molar-refractivity contribution in [2.24, 2.45) is 5.10 Å². The smallest absolute Gasteiger partial charge is 0.292 e. The molecule has 2 heterocycles. The van der Waals surface area contributed by atoms with Gasteiger partial charge in [-0.15, -0.1) is 0 Å². The standard InChI is InChI=1S/C27H24N4O4/c1-16-15-23(31-35-16)28-27(33)25-17(2)24-21(9-6-10-22(24)34-25)29-30-26(32)20-13-11-19(12-14-20)18-7-4-3-5-8-18/h3-5,7-8,11-15H,6,9-10H2,1-2H3,(H,30,32)(H,28,31,33)/b29-21+. The molecule has 176 valence electrons. The summed E-state index contributed by atoms with van der Waals surface area (Å²) >= 11 is 0. The molecule has 1 aliphatic carbocycles. The second kappa shape index (κ2) is 9.42. The van der Waals surface area contributed by atoms with E-state index in [1.54, 1.807) is 25.1 Å². The summed E-state index contributed by atoms with van der Waals surface area (Å²) in [6, 6.07) is 19.0. The Kier molecular flexibility index (Phi) is 6.01. The normalized spacial score (nSPS) is 13.9. The van der Waals surface area contributed by atoms with Crippen molar-refractivity contribution in [3.63, 3.8) is 0 Å². The number of rotatable bonds is 5. The van der Waals surface area contributed by atoms with Gasteiger partial charge in [-0.1, -0.05) is 47.6 Å². The van der Waals surface area contributed by atoms with Gasteiger partial charge in [0.05, 0.1) is 5.71 Å². The predicted molar refractivity (Wildman–Crippen MR) is 131 cm³/mol. The lowest BCUT2D eigenvalue weighted by Gasteiger charge is -2.13. The number of hydrogen-bond acceptors (Lipinski definition) is 6. The number of nitrogens with one attached hydrogen (secondary N) is 2. The highest BCUT2D eigenvalue weighted by Crippen LogP contribution is 2.30. The van der Waals surface area contributed by atoms with Gasteiger partial charge in [0.15, 0.2) is 11.6 Å². The Hall–Kier alpha value is -4.46. The number of benzene rings is 2. The number of carbonyl (C=O) groups excluding carboxylic acids is 2. The van der Waals surface area contributed by atoms with Gasteiger partial charge in [-0.3, -0.25) is 9.59 Å². The Morgan fingerprint density at radius 2 is 1.69 bits per heavy atom. The molecule has 2 aromatic heterocycles. The lowest BCUT2D eigenvalue weighted by atomic mass is 9.93. The average molecular weight is 469 g/mol. The third-order valence-corrected chi connectivity index (χ3v) is 5.95. The van der Waals surface area contributed by atoms with Gasteiger partial charge in [0.2, 0.25) is 0 Å². The minimum atomic E-state index is -0.410. The number of fused-ring (bicyclic) bond motifs is 1. The van der Waals surface area contributed by atoms with Crippen LogP contribution in [0.3, 0.4) is 0 Å². The van der Waals surface area contributed by atoms with Crippen LogP contribution >= 0.6 is 0 Å². The molecule has 2 N–H and O–H groups in total. The summed E-state index contributed by atoms with van der Waals surface area (Å²) in [5.74, 6) is 1.09. The molecule has 4 aromatic rings. The zero-order valence-electron chi connectivity index (χ0n) is 19.4. The van der Waals surface area contributed by atoms with Gasteiger partial charge in [0.25, 0.3) is 11.8 Å². The van der Waals surface area contributed by atoms with Gasteiger partial charge in [-0.2, -0.15) is 5.10 Å². The van der Waals surface area contributed by atoms with Crippen molar-refractivity contribution in [3.8, 4) is 11.1 Å². The number of amides is 2. The Balaban J connectivity index is 1.32. The molecule has 0 saturated carbocycles. The molecule has 0 aliphatic heterocycles. The van der Waals surface area contributed by atoms with E-state index >= 15 is 0 Å². The van der Waals surface area contributed by atoms with Crippen LogP contribution in [0.4, 0.5) is 5.82 Å². The SMILES string of the molecule is Cc1cc(NC(=O)c2oc3c(c2C)/C(=N/NC(=O)c2ccc(-c4ccccc4)cc2)CCC3)no1. The van der Waals surface area contributed by atoms with Crippen LogP contribution < -0.4 is 10.7 Å². The van der Waals surface area contributed by atoms with Crippen molar-refractivity contribution >= 4 is 23.3 Å². The van der Waals surface area contributed by atoms with Crippen molar-refractivity contribution in [1.82, 2.24) is 10.6 Å². The van der Waals surface area contributed by atoms with Crippen molar-refractivity contribution in [1.29, 1.82) is 0 Å². The first-order chi connectivity index (χ1) is 17.0. The lowest BCUT2D eigenvalue weighted by molar-refractivity contribution is 0.0953. The largest absolute Gasteiger partial charge is 0.455 e. The van der Waals surface area contributed by atoms with E-state index in [0.717, 1.165) is 23.1 Å². The van der Waals surface area contributed by atoms with Gasteiger partial charge in [0, 0.05) is 29.2 Å². The van der Waals surface area contributed by atoms with E-state index in [-0.39, 0.29) is 11.7 Å². The number of anilines is 1. The number of aromatic nitrogens is 1. The Morgan fingerprint density at radius 3 is 2.40 bits per heavy atom. The first kappa shape index (κ1) is 22.3. The molecule has 0 bridgehead atoms. The molecule has 1 aliphatic rings. The Morgan fingerprint density at radius 1 is 0.943 bits per heavy atom. The van der Waals surface area contributed by atoms with Gasteiger partial charge < -0.3 is 14.3 Å². The van der Waals surface area contributed by atoms with Crippen molar-refractivity contribution in [3.05, 3.63) is 94.6 Å². The zero-order chi connectivity index (χ0) is 24.4. The highest BCUT2D eigenvalue weighted by molar-refractivity contribution is 6.09. The summed E-state index contributed by atoms with van der Waals surface area (Å²) in [7, 11) is 0. The third-order valence-electron chi connectivity index (χ3n) is 5.95. The molecule has 35 heavy (non-hydrogen) atoms. The van der Waals surface area contributed by atoms with Crippen LogP contribution in [0.5, 0.6) is 0 Å². The van der Waals surface area contributed by atoms with Crippen LogP contribution in [0.15, 0.2) is 74.7 Å². The summed E-state index contributed by atoms with van der Waals surface area (Å²) in [6.45, 7) is 3.56. The van der Waals surface area contributed by atoms with Crippen LogP contribution in [0.1, 0.15) is 56.4 Å². The second-order valence-corrected chi connectivity index (χ2v) is 8.43. The maximum atomic E-state index is 12.8. The molecule has 0 saturated heterocycles. The molecule has 0 spiro atoms. The topological polar surface area (TPSA) is 110 Å². The van der Waals surface area contributed by atoms with E-state index < -0.39 is 5.91 Å². The Bertz CT molecular complexity index is 1420. The van der Waals surface area contributed by atoms with Crippen LogP contribution in [0, 0.1) is 13.8 Å². The fourth-order valence-electron chi connectivity index (χ4n) is 4.22. The molecular weight excluding hydrogens is 444 g/mol. The van der Waals surface area contributed by atoms with Crippen molar-refractivity contribution < 1.29 is 18.5 Å². The van der Waals surface area contributed by atoms with Crippen LogP contribution in [0.2, 0.25) is 0 Å². The van der Waals surface area contributed by atoms with Gasteiger partial charge in [-0.05, 0) is 49.9 Å². The fourth-order valence-corrected chi connectivity index (χ4v) is 4.22. The maximum Gasteiger partial charge on any atom is 0.292 e. The van der Waals surface area contributed by atoms with Crippen LogP contribution in [-0.2, 0) is 6.42 Å². The molecule has 0 radical (unpaired) electrons. The van der Waals surface area contributed by atoms with Crippen LogP contribution in [0.25, 0.3) is 11.1 Å². The number of hydrazone groups is 1. The van der Waals surface area contributed by atoms with E-state index in [1.807, 2.05) is 49.4 Å². The van der Waals surface area contributed by atoms with Crippen molar-refractivity contribution in [2.75, 3.05) is 5.32 Å². The number of furan rings is 1. The van der Waals surface area contributed by atoms with Gasteiger partial charge >= 0.3 is 0 Å². The van der Waals surface area contributed by atoms with Crippen LogP contribution in [-0.4, -0.2) is 22.7 Å². The minimum absolute atomic E-state index is 0.202. The van der Waals surface area contributed by atoms with E-state index in [0.29, 0.717) is 47.0 Å². The van der Waals surface area contributed by atoms with E-state index in [2.05, 4.69) is 21.0 Å². The number of carbonyl (C=O) groups is 2. The lowest BCUT2D eigenvalue weighted by Crippen LogP contribution is -2.22. The fraction of sp³-hybridized carbons (Fsp3) is 0.185. The molecule has 2 amide bonds. The van der Waals surface area contributed by atoms with Gasteiger partial charge in [-0.25, -0.2) is 5.43 Å². The maximum absolute atomic E-state index is 12.8. The number of aryl methyl sites for hydroxylation is 2. The summed E-state index contributed by atoms with van der Waals surface area (Å²) in [6.07, 6.45) is 2.18. The zero-order valence-corrected chi connectivity index (χ0v) is 19.4. The first-order valence-electron chi connectivity index (χ1n) is 11.4. The molecule has 0 fully saturated rings. The molecule has 8 heteroatoms. The summed E-state index contributed by atoms with van der Waals surface area (Å²) in [5.41, 5.74) is 7.44. The number of hydrogen-bond donors (Lipinski definition) is 2. The quantitative estimate of drug-likeness (QED) is 0.388. The van der Waals surface area contributed by atoms with E-state index in [4.69, 9.17) is 8.94 Å². The monoisotopic (exact) mass is 468 g/mol. The molecular formula is C27H24N4O4. The minimum Gasteiger partial charge on any atom is -0.455 e. The molecule has 2 aromatic carbocycles. The first-order valence-corrected chi connectivity index (χ1v) is 11.4. The summed E-state index contributed by atoms with van der Waals surface area (Å²) in [5, 5.41) is 10.9. The second-order valence-electron chi connectivity index (χ2n) is 8.43. The highest BCUT2D eigenvalue weighted by Gasteiger charge is 2.28. The van der Waals surface area contributed by atoms with E-state index in [9.17, 15) is 9.59 Å².